The van der Waals surface area contributed by atoms with Crippen molar-refractivity contribution in [1.29, 1.82) is 0 Å². The van der Waals surface area contributed by atoms with Gasteiger partial charge in [0, 0.05) is 6.04 Å². The molecule has 1 aliphatic carbocycles. The van der Waals surface area contributed by atoms with Gasteiger partial charge in [-0.05, 0) is 54.0 Å². The molecule has 0 radical (unpaired) electrons. The van der Waals surface area contributed by atoms with Crippen LogP contribution in [-0.2, 0) is 6.42 Å². The van der Waals surface area contributed by atoms with Gasteiger partial charge in [-0.1, -0.05) is 36.4 Å². The Morgan fingerprint density at radius 1 is 1.29 bits per heavy atom. The monoisotopic (exact) mass is 282 g/mol. The number of methoxy groups -OCH3 is 1. The van der Waals surface area contributed by atoms with E-state index in [9.17, 15) is 0 Å². The van der Waals surface area contributed by atoms with E-state index in [0.717, 1.165) is 24.2 Å². The van der Waals surface area contributed by atoms with Crippen LogP contribution >= 0.6 is 0 Å². The maximum absolute atomic E-state index is 5.79. The molecule has 0 saturated heterocycles. The quantitative estimate of drug-likeness (QED) is 0.654. The number of rotatable bonds is 5. The van der Waals surface area contributed by atoms with E-state index in [4.69, 9.17) is 10.6 Å². The zero-order chi connectivity index (χ0) is 14.8. The molecule has 110 valence electrons. The highest BCUT2D eigenvalue weighted by Gasteiger charge is 2.28. The topological polar surface area (TPSA) is 47.3 Å². The van der Waals surface area contributed by atoms with Crippen LogP contribution in [-0.4, -0.2) is 7.11 Å². The Labute approximate surface area is 126 Å². The van der Waals surface area contributed by atoms with Crippen LogP contribution in [0.15, 0.2) is 42.5 Å². The summed E-state index contributed by atoms with van der Waals surface area (Å²) >= 11 is 0. The van der Waals surface area contributed by atoms with Crippen molar-refractivity contribution in [2.45, 2.75) is 31.7 Å². The molecule has 0 saturated carbocycles. The predicted octanol–water partition coefficient (Wildman–Crippen LogP) is 3.24. The normalized spacial score (nSPS) is 17.8. The van der Waals surface area contributed by atoms with Crippen LogP contribution in [0.1, 0.15) is 40.6 Å². The molecule has 3 rings (SSSR count). The number of hydrogen-bond acceptors (Lipinski definition) is 3. The Balaban J connectivity index is 1.77. The van der Waals surface area contributed by atoms with Gasteiger partial charge in [0.25, 0.3) is 0 Å². The van der Waals surface area contributed by atoms with Gasteiger partial charge >= 0.3 is 0 Å². The van der Waals surface area contributed by atoms with Gasteiger partial charge in [-0.2, -0.15) is 0 Å². The lowest BCUT2D eigenvalue weighted by Crippen LogP contribution is -2.31. The number of nitrogens with two attached hydrogens (primary N) is 1. The molecule has 3 nitrogen and oxygen atoms in total. The lowest BCUT2D eigenvalue weighted by atomic mass is 9.74. The lowest BCUT2D eigenvalue weighted by Gasteiger charge is -2.33. The van der Waals surface area contributed by atoms with Crippen LogP contribution in [0.25, 0.3) is 0 Å². The summed E-state index contributed by atoms with van der Waals surface area (Å²) in [5, 5.41) is 0. The third-order valence-electron chi connectivity index (χ3n) is 4.52. The summed E-state index contributed by atoms with van der Waals surface area (Å²) < 4.78 is 5.41. The smallest absolute Gasteiger partial charge is 0.122 e. The standard InChI is InChI=1S/C18H22N2O/c1-12-7-8-14(11-18(12)21-2)17(20-19)10-15-9-13-5-3-4-6-16(13)15/h3-8,11,15,17,20H,9-10,19H2,1-2H3. The summed E-state index contributed by atoms with van der Waals surface area (Å²) in [6, 6.07) is 15.1. The van der Waals surface area contributed by atoms with Gasteiger partial charge in [0.15, 0.2) is 0 Å². The lowest BCUT2D eigenvalue weighted by molar-refractivity contribution is 0.405. The highest BCUT2D eigenvalue weighted by molar-refractivity contribution is 5.41. The molecule has 2 unspecified atom stereocenters. The molecule has 21 heavy (non-hydrogen) atoms. The first kappa shape index (κ1) is 14.1. The first-order chi connectivity index (χ1) is 10.2. The first-order valence-corrected chi connectivity index (χ1v) is 7.41. The van der Waals surface area contributed by atoms with E-state index < -0.39 is 0 Å². The number of ether oxygens (including phenoxy) is 1. The second-order valence-corrected chi connectivity index (χ2v) is 5.78. The molecule has 3 N–H and O–H groups in total. The fourth-order valence-electron chi connectivity index (χ4n) is 3.21. The highest BCUT2D eigenvalue weighted by atomic mass is 16.5. The van der Waals surface area contributed by atoms with Crippen LogP contribution in [0.4, 0.5) is 0 Å². The molecule has 1 aliphatic rings. The SMILES string of the molecule is COc1cc(C(CC2Cc3ccccc32)NN)ccc1C. The van der Waals surface area contributed by atoms with Crippen molar-refractivity contribution in [1.82, 2.24) is 5.43 Å². The minimum Gasteiger partial charge on any atom is -0.496 e. The van der Waals surface area contributed by atoms with E-state index in [1.807, 2.05) is 0 Å². The number of fused-ring (bicyclic) bond motifs is 1. The molecular formula is C18H22N2O. The van der Waals surface area contributed by atoms with Gasteiger partial charge < -0.3 is 4.74 Å². The second kappa shape index (κ2) is 5.88. The van der Waals surface area contributed by atoms with E-state index >= 15 is 0 Å². The van der Waals surface area contributed by atoms with Gasteiger partial charge in [0.05, 0.1) is 7.11 Å². The van der Waals surface area contributed by atoms with E-state index in [0.29, 0.717) is 5.92 Å². The number of aryl methyl sites for hydroxylation is 1. The molecule has 0 spiro atoms. The van der Waals surface area contributed by atoms with Crippen LogP contribution in [0.5, 0.6) is 5.75 Å². The molecule has 0 bridgehead atoms. The maximum atomic E-state index is 5.79. The predicted molar refractivity (Wildman–Crippen MR) is 85.3 cm³/mol. The molecule has 0 aromatic heterocycles. The Hall–Kier alpha value is -1.84. The summed E-state index contributed by atoms with van der Waals surface area (Å²) in [4.78, 5) is 0. The van der Waals surface area contributed by atoms with E-state index in [1.54, 1.807) is 7.11 Å². The van der Waals surface area contributed by atoms with Crippen molar-refractivity contribution < 1.29 is 4.74 Å². The number of nitrogens with one attached hydrogen (secondary N) is 1. The number of hydrazine groups is 1. The van der Waals surface area contributed by atoms with Crippen molar-refractivity contribution >= 4 is 0 Å². The summed E-state index contributed by atoms with van der Waals surface area (Å²) in [5.41, 5.74) is 8.23. The average Bonchev–Trinajstić information content (AvgIpc) is 2.49. The van der Waals surface area contributed by atoms with Gasteiger partial charge in [0.2, 0.25) is 0 Å². The van der Waals surface area contributed by atoms with Gasteiger partial charge in [-0.25, -0.2) is 0 Å². The van der Waals surface area contributed by atoms with Crippen LogP contribution < -0.4 is 16.0 Å². The Morgan fingerprint density at radius 2 is 2.10 bits per heavy atom. The van der Waals surface area contributed by atoms with Crippen molar-refractivity contribution in [3.8, 4) is 5.75 Å². The van der Waals surface area contributed by atoms with Crippen molar-refractivity contribution in [3.05, 3.63) is 64.7 Å². The Kier molecular flexibility index (Phi) is 3.95. The van der Waals surface area contributed by atoms with Crippen molar-refractivity contribution in [2.24, 2.45) is 5.84 Å². The van der Waals surface area contributed by atoms with Gasteiger partial charge in [0.1, 0.15) is 5.75 Å². The molecule has 3 heteroatoms. The van der Waals surface area contributed by atoms with Crippen molar-refractivity contribution in [2.75, 3.05) is 7.11 Å². The van der Waals surface area contributed by atoms with Gasteiger partial charge in [-0.15, -0.1) is 0 Å². The summed E-state index contributed by atoms with van der Waals surface area (Å²) in [7, 11) is 1.71. The van der Waals surface area contributed by atoms with Crippen LogP contribution in [0.3, 0.4) is 0 Å². The van der Waals surface area contributed by atoms with Crippen LogP contribution in [0, 0.1) is 6.92 Å². The molecule has 0 amide bonds. The summed E-state index contributed by atoms with van der Waals surface area (Å²) in [6.45, 7) is 2.05. The molecular weight excluding hydrogens is 260 g/mol. The fraction of sp³-hybridized carbons (Fsp3) is 0.333. The molecule has 2 aromatic carbocycles. The van der Waals surface area contributed by atoms with E-state index in [-0.39, 0.29) is 6.04 Å². The first-order valence-electron chi connectivity index (χ1n) is 7.41. The number of benzene rings is 2. The molecule has 2 atom stereocenters. The maximum Gasteiger partial charge on any atom is 0.122 e. The Morgan fingerprint density at radius 3 is 2.81 bits per heavy atom. The highest BCUT2D eigenvalue weighted by Crippen LogP contribution is 2.40. The van der Waals surface area contributed by atoms with E-state index in [1.165, 1.54) is 16.7 Å². The molecule has 0 heterocycles. The van der Waals surface area contributed by atoms with E-state index in [2.05, 4.69) is 54.8 Å². The summed E-state index contributed by atoms with van der Waals surface area (Å²) in [6.07, 6.45) is 2.16. The van der Waals surface area contributed by atoms with Crippen LogP contribution in [0.2, 0.25) is 0 Å². The minimum atomic E-state index is 0.151. The second-order valence-electron chi connectivity index (χ2n) is 5.78. The summed E-state index contributed by atoms with van der Waals surface area (Å²) in [5.74, 6) is 7.30. The third kappa shape index (κ3) is 2.67. The number of hydrogen-bond donors (Lipinski definition) is 2. The average molecular weight is 282 g/mol. The van der Waals surface area contributed by atoms with Gasteiger partial charge in [-0.3, -0.25) is 11.3 Å². The molecule has 0 fully saturated rings. The zero-order valence-electron chi connectivity index (χ0n) is 12.6. The third-order valence-corrected chi connectivity index (χ3v) is 4.52. The minimum absolute atomic E-state index is 0.151. The molecule has 0 aliphatic heterocycles. The zero-order valence-corrected chi connectivity index (χ0v) is 12.6. The van der Waals surface area contributed by atoms with Crippen molar-refractivity contribution in [3.63, 3.8) is 0 Å². The Bertz CT molecular complexity index is 639. The largest absolute Gasteiger partial charge is 0.496 e. The molecule has 2 aromatic rings. The fourth-order valence-corrected chi connectivity index (χ4v) is 3.21.